The van der Waals surface area contributed by atoms with Crippen molar-refractivity contribution in [2.24, 2.45) is 11.7 Å². The second-order valence-electron chi connectivity index (χ2n) is 5.30. The summed E-state index contributed by atoms with van der Waals surface area (Å²) in [7, 11) is 0. The van der Waals surface area contributed by atoms with Crippen LogP contribution >= 0.6 is 23.7 Å². The summed E-state index contributed by atoms with van der Waals surface area (Å²) in [5, 5.41) is 0. The molecule has 0 bridgehead atoms. The number of aryl methyl sites for hydroxylation is 1. The Bertz CT molecular complexity index is 421. The number of nitrogens with zero attached hydrogens (tertiary/aromatic N) is 1. The molecule has 1 fully saturated rings. The molecule has 1 aliphatic heterocycles. The minimum atomic E-state index is 0. The first-order chi connectivity index (χ1) is 8.60. The Balaban J connectivity index is 0.00000180. The first-order valence-corrected chi connectivity index (χ1v) is 7.46. The molecule has 2 atom stereocenters. The highest BCUT2D eigenvalue weighted by Gasteiger charge is 2.28. The maximum atomic E-state index is 12.3. The molecule has 0 aliphatic carbocycles. The number of hydrogen-bond donors (Lipinski definition) is 1. The summed E-state index contributed by atoms with van der Waals surface area (Å²) in [6.45, 7) is 5.77. The highest BCUT2D eigenvalue weighted by molar-refractivity contribution is 7.12. The van der Waals surface area contributed by atoms with Gasteiger partial charge in [0.1, 0.15) is 0 Å². The molecule has 5 heteroatoms. The van der Waals surface area contributed by atoms with Crippen molar-refractivity contribution in [2.75, 3.05) is 13.1 Å². The number of carbonyl (C=O) groups is 1. The van der Waals surface area contributed by atoms with Gasteiger partial charge in [-0.15, -0.1) is 23.7 Å². The van der Waals surface area contributed by atoms with Crippen molar-refractivity contribution in [3.8, 4) is 0 Å². The average Bonchev–Trinajstić information content (AvgIpc) is 2.74. The second-order valence-corrected chi connectivity index (χ2v) is 6.67. The van der Waals surface area contributed by atoms with Gasteiger partial charge in [0.25, 0.3) is 0 Å². The van der Waals surface area contributed by atoms with Gasteiger partial charge in [-0.2, -0.15) is 0 Å². The Labute approximate surface area is 125 Å². The molecule has 1 aromatic heterocycles. The van der Waals surface area contributed by atoms with Gasteiger partial charge in [-0.1, -0.05) is 6.92 Å². The monoisotopic (exact) mass is 302 g/mol. The smallest absolute Gasteiger partial charge is 0.228 e. The lowest BCUT2D eigenvalue weighted by molar-refractivity contribution is -0.134. The van der Waals surface area contributed by atoms with Gasteiger partial charge in [0.05, 0.1) is 6.42 Å². The van der Waals surface area contributed by atoms with Gasteiger partial charge in [-0.05, 0) is 37.8 Å². The number of carbonyl (C=O) groups excluding carboxylic acids is 1. The SMILES string of the molecule is Cc1ccc(CC(=O)N2CCC(C)CC2CN)s1.Cl. The molecular weight excluding hydrogens is 280 g/mol. The molecule has 1 saturated heterocycles. The van der Waals surface area contributed by atoms with E-state index in [1.165, 1.54) is 4.88 Å². The summed E-state index contributed by atoms with van der Waals surface area (Å²) in [5.74, 6) is 0.922. The number of thiophene rings is 1. The van der Waals surface area contributed by atoms with E-state index in [4.69, 9.17) is 5.73 Å². The van der Waals surface area contributed by atoms with Crippen LogP contribution in [0.15, 0.2) is 12.1 Å². The lowest BCUT2D eigenvalue weighted by atomic mass is 9.92. The van der Waals surface area contributed by atoms with Crippen molar-refractivity contribution in [2.45, 2.75) is 39.2 Å². The number of piperidine rings is 1. The van der Waals surface area contributed by atoms with Crippen LogP contribution < -0.4 is 5.73 Å². The third-order valence-electron chi connectivity index (χ3n) is 3.69. The Kier molecular flexibility index (Phi) is 6.30. The summed E-state index contributed by atoms with van der Waals surface area (Å²) < 4.78 is 0. The van der Waals surface area contributed by atoms with E-state index in [9.17, 15) is 4.79 Å². The number of halogens is 1. The highest BCUT2D eigenvalue weighted by atomic mass is 35.5. The Hall–Kier alpha value is -0.580. The highest BCUT2D eigenvalue weighted by Crippen LogP contribution is 2.23. The molecule has 2 heterocycles. The molecule has 0 aromatic carbocycles. The molecule has 19 heavy (non-hydrogen) atoms. The molecule has 2 N–H and O–H groups in total. The van der Waals surface area contributed by atoms with Crippen LogP contribution in [0.3, 0.4) is 0 Å². The summed E-state index contributed by atoms with van der Waals surface area (Å²) in [6.07, 6.45) is 2.68. The lowest BCUT2D eigenvalue weighted by Crippen LogP contribution is -2.49. The molecule has 1 amide bonds. The first kappa shape index (κ1) is 16.5. The third-order valence-corrected chi connectivity index (χ3v) is 4.69. The topological polar surface area (TPSA) is 46.3 Å². The van der Waals surface area contributed by atoms with Gasteiger partial charge in [-0.25, -0.2) is 0 Å². The molecule has 0 spiro atoms. The lowest BCUT2D eigenvalue weighted by Gasteiger charge is -2.38. The number of likely N-dealkylation sites (tertiary alicyclic amines) is 1. The normalized spacial score (nSPS) is 23.0. The fourth-order valence-corrected chi connectivity index (χ4v) is 3.52. The number of hydrogen-bond acceptors (Lipinski definition) is 3. The summed E-state index contributed by atoms with van der Waals surface area (Å²) >= 11 is 1.71. The molecule has 3 nitrogen and oxygen atoms in total. The summed E-state index contributed by atoms with van der Waals surface area (Å²) in [5.41, 5.74) is 5.80. The van der Waals surface area contributed by atoms with Gasteiger partial charge < -0.3 is 10.6 Å². The largest absolute Gasteiger partial charge is 0.338 e. The van der Waals surface area contributed by atoms with E-state index >= 15 is 0 Å². The molecule has 2 rings (SSSR count). The van der Waals surface area contributed by atoms with Crippen LogP contribution in [0.25, 0.3) is 0 Å². The zero-order chi connectivity index (χ0) is 13.1. The van der Waals surface area contributed by atoms with Gasteiger partial charge >= 0.3 is 0 Å². The van der Waals surface area contributed by atoms with Crippen molar-refractivity contribution < 1.29 is 4.79 Å². The second kappa shape index (κ2) is 7.27. The predicted molar refractivity (Wildman–Crippen MR) is 83.0 cm³/mol. The average molecular weight is 303 g/mol. The van der Waals surface area contributed by atoms with Crippen molar-refractivity contribution >= 4 is 29.7 Å². The van der Waals surface area contributed by atoms with Crippen LogP contribution in [-0.4, -0.2) is 29.9 Å². The maximum absolute atomic E-state index is 12.3. The quantitative estimate of drug-likeness (QED) is 0.933. The Morgan fingerprint density at radius 3 is 2.84 bits per heavy atom. The Morgan fingerprint density at radius 2 is 2.26 bits per heavy atom. The maximum Gasteiger partial charge on any atom is 0.228 e. The molecule has 2 unspecified atom stereocenters. The van der Waals surface area contributed by atoms with Crippen molar-refractivity contribution in [3.63, 3.8) is 0 Å². The van der Waals surface area contributed by atoms with E-state index in [2.05, 4.69) is 26.0 Å². The minimum absolute atomic E-state index is 0. The molecular formula is C14H23ClN2OS. The number of rotatable bonds is 3. The predicted octanol–water partition coefficient (Wildman–Crippen LogP) is 2.61. The van der Waals surface area contributed by atoms with Crippen molar-refractivity contribution in [1.29, 1.82) is 0 Å². The van der Waals surface area contributed by atoms with Crippen LogP contribution in [0, 0.1) is 12.8 Å². The fourth-order valence-electron chi connectivity index (χ4n) is 2.63. The van der Waals surface area contributed by atoms with Crippen LogP contribution in [0.4, 0.5) is 0 Å². The van der Waals surface area contributed by atoms with Crippen LogP contribution in [-0.2, 0) is 11.2 Å². The van der Waals surface area contributed by atoms with E-state index in [0.717, 1.165) is 24.3 Å². The molecule has 0 radical (unpaired) electrons. The molecule has 0 saturated carbocycles. The zero-order valence-electron chi connectivity index (χ0n) is 11.6. The van der Waals surface area contributed by atoms with E-state index < -0.39 is 0 Å². The first-order valence-electron chi connectivity index (χ1n) is 6.65. The van der Waals surface area contributed by atoms with Crippen LogP contribution in [0.1, 0.15) is 29.5 Å². The van der Waals surface area contributed by atoms with Crippen molar-refractivity contribution in [3.05, 3.63) is 21.9 Å². The van der Waals surface area contributed by atoms with Gasteiger partial charge in [-0.3, -0.25) is 4.79 Å². The number of nitrogens with two attached hydrogens (primary N) is 1. The Morgan fingerprint density at radius 1 is 1.53 bits per heavy atom. The molecule has 1 aromatic rings. The van der Waals surface area contributed by atoms with Crippen LogP contribution in [0.5, 0.6) is 0 Å². The molecule has 108 valence electrons. The summed E-state index contributed by atoms with van der Waals surface area (Å²) in [6, 6.07) is 4.37. The fraction of sp³-hybridized carbons (Fsp3) is 0.643. The van der Waals surface area contributed by atoms with E-state index in [1.807, 2.05) is 4.90 Å². The standard InChI is InChI=1S/C14H22N2OS.ClH/c1-10-5-6-16(12(7-10)9-15)14(17)8-13-4-3-11(2)18-13;/h3-4,10,12H,5-9,15H2,1-2H3;1H. The minimum Gasteiger partial charge on any atom is -0.338 e. The third kappa shape index (κ3) is 4.20. The summed E-state index contributed by atoms with van der Waals surface area (Å²) in [4.78, 5) is 16.7. The van der Waals surface area contributed by atoms with Crippen molar-refractivity contribution in [1.82, 2.24) is 4.90 Å². The van der Waals surface area contributed by atoms with E-state index in [0.29, 0.717) is 18.9 Å². The molecule has 1 aliphatic rings. The number of amides is 1. The van der Waals surface area contributed by atoms with Gasteiger partial charge in [0.2, 0.25) is 5.91 Å². The zero-order valence-corrected chi connectivity index (χ0v) is 13.2. The van der Waals surface area contributed by atoms with Crippen LogP contribution in [0.2, 0.25) is 0 Å². The van der Waals surface area contributed by atoms with Gasteiger partial charge in [0, 0.05) is 28.9 Å². The van der Waals surface area contributed by atoms with E-state index in [1.54, 1.807) is 11.3 Å². The van der Waals surface area contributed by atoms with E-state index in [-0.39, 0.29) is 24.4 Å². The van der Waals surface area contributed by atoms with Gasteiger partial charge in [0.15, 0.2) is 0 Å².